The number of methoxy groups -OCH3 is 2. The van der Waals surface area contributed by atoms with E-state index >= 15 is 0 Å². The zero-order valence-corrected chi connectivity index (χ0v) is 14.7. The van der Waals surface area contributed by atoms with Gasteiger partial charge in [-0.3, -0.25) is 0 Å². The van der Waals surface area contributed by atoms with Crippen LogP contribution in [0.3, 0.4) is 0 Å². The number of esters is 1. The molecule has 134 valence electrons. The van der Waals surface area contributed by atoms with Crippen LogP contribution in [0.5, 0.6) is 17.2 Å². The third kappa shape index (κ3) is 4.25. The van der Waals surface area contributed by atoms with Gasteiger partial charge in [-0.2, -0.15) is 0 Å². The molecule has 0 saturated heterocycles. The van der Waals surface area contributed by atoms with Gasteiger partial charge in [-0.25, -0.2) is 4.79 Å². The molecule has 0 aromatic heterocycles. The fourth-order valence-corrected chi connectivity index (χ4v) is 2.58. The second-order valence-corrected chi connectivity index (χ2v) is 5.65. The Balaban J connectivity index is 1.53. The van der Waals surface area contributed by atoms with Gasteiger partial charge in [0, 0.05) is 0 Å². The van der Waals surface area contributed by atoms with Crippen LogP contribution in [-0.2, 0) is 16.1 Å². The van der Waals surface area contributed by atoms with Crippen LogP contribution in [0.4, 0.5) is 0 Å². The molecule has 0 atom stereocenters. The molecule has 26 heavy (non-hydrogen) atoms. The summed E-state index contributed by atoms with van der Waals surface area (Å²) >= 11 is 0. The quantitative estimate of drug-likeness (QED) is 0.602. The second kappa shape index (κ2) is 8.25. The smallest absolute Gasteiger partial charge is 0.344 e. The number of ether oxygens (including phenoxy) is 4. The Kier molecular flexibility index (Phi) is 5.59. The Hall–Kier alpha value is -3.21. The molecule has 5 nitrogen and oxygen atoms in total. The van der Waals surface area contributed by atoms with Crippen molar-refractivity contribution in [1.29, 1.82) is 0 Å². The normalized spacial score (nSPS) is 10.4. The van der Waals surface area contributed by atoms with Gasteiger partial charge in [-0.05, 0) is 40.6 Å². The summed E-state index contributed by atoms with van der Waals surface area (Å²) in [7, 11) is 3.13. The van der Waals surface area contributed by atoms with E-state index in [-0.39, 0.29) is 13.2 Å². The molecule has 0 bridgehead atoms. The third-order valence-corrected chi connectivity index (χ3v) is 3.93. The van der Waals surface area contributed by atoms with Crippen molar-refractivity contribution in [2.45, 2.75) is 6.61 Å². The maximum absolute atomic E-state index is 11.9. The summed E-state index contributed by atoms with van der Waals surface area (Å²) in [6.07, 6.45) is 0. The summed E-state index contributed by atoms with van der Waals surface area (Å²) < 4.78 is 21.2. The minimum atomic E-state index is -0.437. The maximum Gasteiger partial charge on any atom is 0.344 e. The molecule has 0 heterocycles. The molecule has 0 amide bonds. The molecule has 0 radical (unpaired) electrons. The molecule has 0 aliphatic heterocycles. The van der Waals surface area contributed by atoms with E-state index in [4.69, 9.17) is 18.9 Å². The van der Waals surface area contributed by atoms with Gasteiger partial charge < -0.3 is 18.9 Å². The lowest BCUT2D eigenvalue weighted by atomic mass is 10.1. The van der Waals surface area contributed by atoms with Gasteiger partial charge in [0.1, 0.15) is 12.4 Å². The average molecular weight is 352 g/mol. The average Bonchev–Trinajstić information content (AvgIpc) is 2.70. The maximum atomic E-state index is 11.9. The zero-order chi connectivity index (χ0) is 18.4. The number of hydrogen-bond acceptors (Lipinski definition) is 5. The van der Waals surface area contributed by atoms with Crippen molar-refractivity contribution >= 4 is 16.7 Å². The molecule has 5 heteroatoms. The van der Waals surface area contributed by atoms with Crippen molar-refractivity contribution in [3.63, 3.8) is 0 Å². The molecule has 0 aliphatic rings. The molecule has 0 spiro atoms. The number of benzene rings is 3. The predicted molar refractivity (Wildman–Crippen MR) is 98.8 cm³/mol. The monoisotopic (exact) mass is 352 g/mol. The highest BCUT2D eigenvalue weighted by Crippen LogP contribution is 2.27. The van der Waals surface area contributed by atoms with E-state index in [1.807, 2.05) is 48.5 Å². The standard InChI is InChI=1S/C21H20O5/c1-23-19-10-7-15(11-20(19)24-2)13-26-21(22)14-25-18-9-8-16-5-3-4-6-17(16)12-18/h3-12H,13-14H2,1-2H3. The highest BCUT2D eigenvalue weighted by Gasteiger charge is 2.08. The minimum Gasteiger partial charge on any atom is -0.493 e. The van der Waals surface area contributed by atoms with Gasteiger partial charge in [0.25, 0.3) is 0 Å². The highest BCUT2D eigenvalue weighted by atomic mass is 16.6. The minimum absolute atomic E-state index is 0.139. The van der Waals surface area contributed by atoms with E-state index in [9.17, 15) is 4.79 Å². The predicted octanol–water partition coefficient (Wildman–Crippen LogP) is 3.98. The van der Waals surface area contributed by atoms with Crippen molar-refractivity contribution in [3.8, 4) is 17.2 Å². The van der Waals surface area contributed by atoms with Gasteiger partial charge in [0.2, 0.25) is 0 Å². The number of carbonyl (C=O) groups excluding carboxylic acids is 1. The molecule has 0 saturated carbocycles. The fourth-order valence-electron chi connectivity index (χ4n) is 2.58. The van der Waals surface area contributed by atoms with Crippen molar-refractivity contribution < 1.29 is 23.7 Å². The first-order chi connectivity index (χ1) is 12.7. The van der Waals surface area contributed by atoms with Crippen LogP contribution in [0, 0.1) is 0 Å². The summed E-state index contributed by atoms with van der Waals surface area (Å²) in [6.45, 7) is -0.00804. The van der Waals surface area contributed by atoms with E-state index in [0.29, 0.717) is 17.2 Å². The SMILES string of the molecule is COc1ccc(COC(=O)COc2ccc3ccccc3c2)cc1OC. The summed E-state index contributed by atoms with van der Waals surface area (Å²) in [5.41, 5.74) is 0.807. The van der Waals surface area contributed by atoms with Crippen molar-refractivity contribution in [2.24, 2.45) is 0 Å². The van der Waals surface area contributed by atoms with Gasteiger partial charge in [0.05, 0.1) is 14.2 Å². The Morgan fingerprint density at radius 1 is 0.846 bits per heavy atom. The summed E-state index contributed by atoms with van der Waals surface area (Å²) in [4.78, 5) is 11.9. The van der Waals surface area contributed by atoms with Gasteiger partial charge in [-0.15, -0.1) is 0 Å². The molecule has 0 fully saturated rings. The lowest BCUT2D eigenvalue weighted by Crippen LogP contribution is -2.14. The highest BCUT2D eigenvalue weighted by molar-refractivity contribution is 5.83. The summed E-state index contributed by atoms with van der Waals surface area (Å²) in [6, 6.07) is 19.0. The van der Waals surface area contributed by atoms with Crippen molar-refractivity contribution in [1.82, 2.24) is 0 Å². The number of rotatable bonds is 7. The van der Waals surface area contributed by atoms with E-state index in [1.54, 1.807) is 26.4 Å². The summed E-state index contributed by atoms with van der Waals surface area (Å²) in [5.74, 6) is 1.41. The van der Waals surface area contributed by atoms with E-state index < -0.39 is 5.97 Å². The topological polar surface area (TPSA) is 54.0 Å². The molecule has 3 rings (SSSR count). The van der Waals surface area contributed by atoms with Crippen LogP contribution < -0.4 is 14.2 Å². The van der Waals surface area contributed by atoms with Crippen LogP contribution in [0.25, 0.3) is 10.8 Å². The molecule has 3 aromatic rings. The Morgan fingerprint density at radius 3 is 2.38 bits per heavy atom. The first-order valence-corrected chi connectivity index (χ1v) is 8.17. The number of carbonyl (C=O) groups is 1. The van der Waals surface area contributed by atoms with Gasteiger partial charge >= 0.3 is 5.97 Å². The van der Waals surface area contributed by atoms with Crippen LogP contribution in [-0.4, -0.2) is 26.8 Å². The first-order valence-electron chi connectivity index (χ1n) is 8.17. The van der Waals surface area contributed by atoms with Gasteiger partial charge in [0.15, 0.2) is 18.1 Å². The molecular weight excluding hydrogens is 332 g/mol. The molecule has 0 unspecified atom stereocenters. The van der Waals surface area contributed by atoms with Crippen LogP contribution >= 0.6 is 0 Å². The number of hydrogen-bond donors (Lipinski definition) is 0. The lowest BCUT2D eigenvalue weighted by Gasteiger charge is -2.10. The Morgan fingerprint density at radius 2 is 1.62 bits per heavy atom. The van der Waals surface area contributed by atoms with Gasteiger partial charge in [-0.1, -0.05) is 36.4 Å². The third-order valence-electron chi connectivity index (χ3n) is 3.93. The zero-order valence-electron chi connectivity index (χ0n) is 14.7. The van der Waals surface area contributed by atoms with Crippen LogP contribution in [0.2, 0.25) is 0 Å². The van der Waals surface area contributed by atoms with Crippen LogP contribution in [0.1, 0.15) is 5.56 Å². The lowest BCUT2D eigenvalue weighted by molar-refractivity contribution is -0.147. The Bertz CT molecular complexity index is 904. The summed E-state index contributed by atoms with van der Waals surface area (Å²) in [5, 5.41) is 2.18. The second-order valence-electron chi connectivity index (χ2n) is 5.65. The number of fused-ring (bicyclic) bond motifs is 1. The largest absolute Gasteiger partial charge is 0.493 e. The van der Waals surface area contributed by atoms with Crippen LogP contribution in [0.15, 0.2) is 60.7 Å². The fraction of sp³-hybridized carbons (Fsp3) is 0.190. The molecule has 0 N–H and O–H groups in total. The van der Waals surface area contributed by atoms with E-state index in [2.05, 4.69) is 0 Å². The molecular formula is C21H20O5. The van der Waals surface area contributed by atoms with E-state index in [1.165, 1.54) is 0 Å². The van der Waals surface area contributed by atoms with E-state index in [0.717, 1.165) is 16.3 Å². The Labute approximate surface area is 152 Å². The van der Waals surface area contributed by atoms with Crippen molar-refractivity contribution in [2.75, 3.05) is 20.8 Å². The first kappa shape index (κ1) is 17.6. The van der Waals surface area contributed by atoms with Crippen molar-refractivity contribution in [3.05, 3.63) is 66.2 Å². The molecule has 3 aromatic carbocycles. The molecule has 0 aliphatic carbocycles.